The molecule has 0 aliphatic heterocycles. The van der Waals surface area contributed by atoms with Crippen LogP contribution in [0, 0.1) is 0 Å². The number of nitrogens with two attached hydrogens (primary N) is 2. The Bertz CT molecular complexity index is 36.5. The molecular weight excluding hydrogens is 288 g/mol. The van der Waals surface area contributed by atoms with Crippen molar-refractivity contribution in [3.05, 3.63) is 0 Å². The van der Waals surface area contributed by atoms with Gasteiger partial charge in [0.25, 0.3) is 0 Å². The van der Waals surface area contributed by atoms with E-state index in [2.05, 4.69) is 11.5 Å². The van der Waals surface area contributed by atoms with Crippen LogP contribution in [0.5, 0.6) is 0 Å². The number of rotatable bonds is 0. The fourth-order valence-corrected chi connectivity index (χ4v) is 0. The summed E-state index contributed by atoms with van der Waals surface area (Å²) >= 11 is 0. The first kappa shape index (κ1) is 15.9. The van der Waals surface area contributed by atoms with Gasteiger partial charge < -0.3 is 11.5 Å². The maximum Gasteiger partial charge on any atom is 0.309 e. The fraction of sp³-hybridized carbons (Fsp3) is 0. The number of carbonyl (C=O) groups is 1. The second kappa shape index (κ2) is 9.18. The third-order valence-corrected chi connectivity index (χ3v) is 0. The molecule has 4 N–H and O–H groups in total. The molecule has 0 heterocycles. The summed E-state index contributed by atoms with van der Waals surface area (Å²) < 4.78 is 0. The van der Waals surface area contributed by atoms with Crippen LogP contribution < -0.4 is 11.5 Å². The predicted molar refractivity (Wildman–Crippen MR) is 13.8 cm³/mol. The summed E-state index contributed by atoms with van der Waals surface area (Å²) in [5.41, 5.74) is 8.50. The van der Waals surface area contributed by atoms with E-state index in [0.29, 0.717) is 0 Å². The van der Waals surface area contributed by atoms with Gasteiger partial charge in [0.15, 0.2) is 0 Å². The van der Waals surface area contributed by atoms with Crippen LogP contribution in [0.4, 0.5) is 4.79 Å². The standard InChI is InChI=1S/CH4N2O.Ti.W/c2-1(3)4;;/h(H4,2,3,4);;. The largest absolute Gasteiger partial charge is 0.352 e. The maximum absolute atomic E-state index is 9.00. The summed E-state index contributed by atoms with van der Waals surface area (Å²) in [5.74, 6) is 0. The van der Waals surface area contributed by atoms with Crippen molar-refractivity contribution in [1.29, 1.82) is 0 Å². The van der Waals surface area contributed by atoms with E-state index in [4.69, 9.17) is 4.79 Å². The Kier molecular flexibility index (Phi) is 24.4. The number of urea groups is 1. The molecule has 0 saturated carbocycles. The molecule has 0 atom stereocenters. The van der Waals surface area contributed by atoms with Crippen molar-refractivity contribution in [1.82, 2.24) is 0 Å². The van der Waals surface area contributed by atoms with Gasteiger partial charge in [0.05, 0.1) is 0 Å². The molecule has 6 heavy (non-hydrogen) atoms. The minimum absolute atomic E-state index is 0. The van der Waals surface area contributed by atoms with E-state index < -0.39 is 6.03 Å². The molecule has 0 aromatic carbocycles. The quantitative estimate of drug-likeness (QED) is 0.554. The zero-order valence-corrected chi connectivity index (χ0v) is 7.47. The number of hydrogen-bond acceptors (Lipinski definition) is 1. The molecule has 5 heteroatoms. The fourth-order valence-electron chi connectivity index (χ4n) is 0. The van der Waals surface area contributed by atoms with Crippen LogP contribution in [-0.2, 0) is 42.8 Å². The second-order valence-corrected chi connectivity index (χ2v) is 0.402. The third kappa shape index (κ3) is 139. The zero-order chi connectivity index (χ0) is 3.58. The van der Waals surface area contributed by atoms with E-state index in [1.807, 2.05) is 0 Å². The zero-order valence-electron chi connectivity index (χ0n) is 2.97. The Morgan fingerprint density at radius 2 is 1.33 bits per heavy atom. The average Bonchev–Trinajstić information content (AvgIpc) is 0.811. The van der Waals surface area contributed by atoms with E-state index in [1.54, 1.807) is 0 Å². The predicted octanol–water partition coefficient (Wildman–Crippen LogP) is -0.981. The Morgan fingerprint density at radius 1 is 1.33 bits per heavy atom. The normalized spacial score (nSPS) is 4.00. The number of hydrogen-bond donors (Lipinski definition) is 2. The molecule has 0 saturated heterocycles. The second-order valence-electron chi connectivity index (χ2n) is 0.402. The van der Waals surface area contributed by atoms with Gasteiger partial charge in [-0.1, -0.05) is 0 Å². The molecule has 0 aromatic heterocycles. The van der Waals surface area contributed by atoms with Crippen molar-refractivity contribution in [2.75, 3.05) is 0 Å². The summed E-state index contributed by atoms with van der Waals surface area (Å²) in [6, 6.07) is -0.833. The molecule has 0 spiro atoms. The molecule has 0 aliphatic carbocycles. The number of amides is 2. The van der Waals surface area contributed by atoms with Crippen LogP contribution in [0.3, 0.4) is 0 Å². The van der Waals surface area contributed by atoms with E-state index in [0.717, 1.165) is 0 Å². The van der Waals surface area contributed by atoms with Crippen molar-refractivity contribution in [3.8, 4) is 0 Å². The van der Waals surface area contributed by atoms with E-state index in [9.17, 15) is 0 Å². The monoisotopic (exact) mass is 292 g/mol. The van der Waals surface area contributed by atoms with Crippen LogP contribution in [0.1, 0.15) is 0 Å². The van der Waals surface area contributed by atoms with Crippen LogP contribution in [0.2, 0.25) is 0 Å². The van der Waals surface area contributed by atoms with Crippen molar-refractivity contribution >= 4 is 6.03 Å². The van der Waals surface area contributed by atoms with Crippen molar-refractivity contribution in [3.63, 3.8) is 0 Å². The molecule has 0 fully saturated rings. The maximum atomic E-state index is 9.00. The first-order chi connectivity index (χ1) is 1.73. The van der Waals surface area contributed by atoms with Gasteiger partial charge in [-0.3, -0.25) is 0 Å². The molecule has 0 unspecified atom stereocenters. The molecule has 0 radical (unpaired) electrons. The van der Waals surface area contributed by atoms with Gasteiger partial charge in [-0.05, 0) is 0 Å². The molecule has 34 valence electrons. The van der Waals surface area contributed by atoms with Crippen LogP contribution in [-0.4, -0.2) is 6.03 Å². The smallest absolute Gasteiger partial charge is 0.309 e. The van der Waals surface area contributed by atoms with Gasteiger partial charge in [0, 0.05) is 42.8 Å². The summed E-state index contributed by atoms with van der Waals surface area (Å²) in [6.07, 6.45) is 0. The third-order valence-electron chi connectivity index (χ3n) is 0. The van der Waals surface area contributed by atoms with Crippen molar-refractivity contribution in [2.24, 2.45) is 11.5 Å². The van der Waals surface area contributed by atoms with E-state index in [-0.39, 0.29) is 42.8 Å². The van der Waals surface area contributed by atoms with Gasteiger partial charge in [0.2, 0.25) is 0 Å². The van der Waals surface area contributed by atoms with Gasteiger partial charge >= 0.3 is 6.03 Å². The minimum atomic E-state index is -0.833. The molecule has 0 aromatic rings. The SMILES string of the molecule is NC(N)=O.[Ti].[W]. The van der Waals surface area contributed by atoms with Crippen molar-refractivity contribution in [2.45, 2.75) is 0 Å². The van der Waals surface area contributed by atoms with Gasteiger partial charge in [-0.25, -0.2) is 4.79 Å². The Hall–Kier alpha value is 0.673. The van der Waals surface area contributed by atoms with Crippen LogP contribution in [0.15, 0.2) is 0 Å². The van der Waals surface area contributed by atoms with E-state index >= 15 is 0 Å². The molecule has 0 bridgehead atoms. The molecule has 0 rings (SSSR count). The van der Waals surface area contributed by atoms with Gasteiger partial charge in [-0.15, -0.1) is 0 Å². The van der Waals surface area contributed by atoms with Crippen LogP contribution >= 0.6 is 0 Å². The Morgan fingerprint density at radius 3 is 1.33 bits per heavy atom. The molecular formula is CH4N2OTiW. The summed E-state index contributed by atoms with van der Waals surface area (Å²) in [7, 11) is 0. The first-order valence-electron chi connectivity index (χ1n) is 0.781. The number of primary amides is 2. The van der Waals surface area contributed by atoms with Gasteiger partial charge in [0.1, 0.15) is 0 Å². The topological polar surface area (TPSA) is 69.1 Å². The average molecular weight is 292 g/mol. The van der Waals surface area contributed by atoms with Crippen molar-refractivity contribution < 1.29 is 47.6 Å². The summed E-state index contributed by atoms with van der Waals surface area (Å²) in [5, 5.41) is 0. The van der Waals surface area contributed by atoms with E-state index in [1.165, 1.54) is 0 Å². The first-order valence-corrected chi connectivity index (χ1v) is 0.781. The van der Waals surface area contributed by atoms with Crippen LogP contribution in [0.25, 0.3) is 0 Å². The minimum Gasteiger partial charge on any atom is -0.352 e. The number of carbonyl (C=O) groups excluding carboxylic acids is 1. The summed E-state index contributed by atoms with van der Waals surface area (Å²) in [4.78, 5) is 9.00. The molecule has 3 nitrogen and oxygen atoms in total. The molecule has 0 aliphatic rings. The summed E-state index contributed by atoms with van der Waals surface area (Å²) in [6.45, 7) is 0. The van der Waals surface area contributed by atoms with Gasteiger partial charge in [-0.2, -0.15) is 0 Å². The Labute approximate surface area is 65.0 Å². The molecule has 2 amide bonds. The Balaban J connectivity index is -0.0000000450.